The van der Waals surface area contributed by atoms with E-state index in [0.29, 0.717) is 12.1 Å². The number of hydrogen-bond acceptors (Lipinski definition) is 3. The molecule has 1 aromatic rings. The molecule has 1 unspecified atom stereocenters. The molecule has 0 bridgehead atoms. The highest BCUT2D eigenvalue weighted by atomic mass is 15.3. The Morgan fingerprint density at radius 2 is 2.27 bits per heavy atom. The molecular weight excluding hydrogens is 188 g/mol. The van der Waals surface area contributed by atoms with Gasteiger partial charge >= 0.3 is 0 Å². The summed E-state index contributed by atoms with van der Waals surface area (Å²) in [6.45, 7) is 4.29. The first kappa shape index (κ1) is 10.6. The summed E-state index contributed by atoms with van der Waals surface area (Å²) in [5.41, 5.74) is 0. The number of nitrogens with zero attached hydrogens (tertiary/aromatic N) is 3. The molecule has 0 aliphatic heterocycles. The first-order valence-electron chi connectivity index (χ1n) is 5.78. The Morgan fingerprint density at radius 3 is 2.80 bits per heavy atom. The number of aromatic nitrogens is 3. The smallest absolute Gasteiger partial charge is 0.138 e. The predicted octanol–water partition coefficient (Wildman–Crippen LogP) is 1.40. The normalized spacial score (nSPS) is 18.4. The molecule has 1 atom stereocenters. The Balaban J connectivity index is 2.05. The molecule has 2 rings (SSSR count). The van der Waals surface area contributed by atoms with Crippen LogP contribution in [-0.4, -0.2) is 27.9 Å². The molecule has 1 fully saturated rings. The van der Waals surface area contributed by atoms with Crippen molar-refractivity contribution in [2.45, 2.75) is 45.2 Å². The third-order valence-electron chi connectivity index (χ3n) is 3.10. The number of nitrogens with one attached hydrogen (secondary N) is 1. The fraction of sp³-hybridized carbons (Fsp3) is 0.818. The summed E-state index contributed by atoms with van der Waals surface area (Å²) in [5, 5.41) is 7.65. The molecule has 0 aromatic carbocycles. The first-order chi connectivity index (χ1) is 7.22. The number of rotatable bonds is 5. The van der Waals surface area contributed by atoms with E-state index in [1.165, 1.54) is 12.8 Å². The summed E-state index contributed by atoms with van der Waals surface area (Å²) in [7, 11) is 2.04. The summed E-state index contributed by atoms with van der Waals surface area (Å²) in [5.74, 6) is 1.96. The van der Waals surface area contributed by atoms with Gasteiger partial charge in [0.2, 0.25) is 0 Å². The van der Waals surface area contributed by atoms with Crippen LogP contribution < -0.4 is 5.32 Å². The van der Waals surface area contributed by atoms with Gasteiger partial charge in [-0.25, -0.2) is 9.67 Å². The van der Waals surface area contributed by atoms with Gasteiger partial charge in [-0.15, -0.1) is 0 Å². The second-order valence-electron chi connectivity index (χ2n) is 4.65. The Morgan fingerprint density at radius 1 is 1.53 bits per heavy atom. The monoisotopic (exact) mass is 208 g/mol. The molecule has 0 amide bonds. The van der Waals surface area contributed by atoms with E-state index in [4.69, 9.17) is 0 Å². The molecule has 0 radical (unpaired) electrons. The van der Waals surface area contributed by atoms with Crippen LogP contribution in [0.1, 0.15) is 38.6 Å². The van der Waals surface area contributed by atoms with Gasteiger partial charge in [-0.1, -0.05) is 0 Å². The summed E-state index contributed by atoms with van der Waals surface area (Å²) in [6.07, 6.45) is 5.39. The Kier molecular flexibility index (Phi) is 3.05. The molecule has 4 nitrogen and oxygen atoms in total. The molecular formula is C11H20N4. The van der Waals surface area contributed by atoms with Crippen molar-refractivity contribution in [3.05, 3.63) is 12.2 Å². The van der Waals surface area contributed by atoms with Crippen LogP contribution in [0, 0.1) is 5.92 Å². The van der Waals surface area contributed by atoms with Crippen molar-refractivity contribution in [3.8, 4) is 0 Å². The Hall–Kier alpha value is -0.900. The zero-order chi connectivity index (χ0) is 10.8. The molecule has 15 heavy (non-hydrogen) atoms. The third-order valence-corrected chi connectivity index (χ3v) is 3.10. The maximum absolute atomic E-state index is 4.35. The highest BCUT2D eigenvalue weighted by Gasteiger charge is 2.31. The largest absolute Gasteiger partial charge is 0.316 e. The van der Waals surface area contributed by atoms with Gasteiger partial charge in [-0.2, -0.15) is 5.10 Å². The SMILES string of the molecule is CNC(Cc1ncnn1C(C)C)C1CC1. The van der Waals surface area contributed by atoms with Crippen LogP contribution in [0.2, 0.25) is 0 Å². The quantitative estimate of drug-likeness (QED) is 0.795. The maximum atomic E-state index is 4.35. The minimum absolute atomic E-state index is 0.402. The van der Waals surface area contributed by atoms with Gasteiger partial charge in [0.05, 0.1) is 0 Å². The molecule has 1 N–H and O–H groups in total. The standard InChI is InChI=1S/C11H20N4/c1-8(2)15-11(13-7-14-15)6-10(12-3)9-4-5-9/h7-10,12H,4-6H2,1-3H3. The highest BCUT2D eigenvalue weighted by Crippen LogP contribution is 2.33. The second-order valence-corrected chi connectivity index (χ2v) is 4.65. The molecule has 0 spiro atoms. The molecule has 4 heteroatoms. The van der Waals surface area contributed by atoms with E-state index in [1.54, 1.807) is 6.33 Å². The van der Waals surface area contributed by atoms with Crippen molar-refractivity contribution in [2.75, 3.05) is 7.05 Å². The molecule has 1 aliphatic carbocycles. The Bertz CT molecular complexity index is 314. The lowest BCUT2D eigenvalue weighted by Gasteiger charge is -2.16. The van der Waals surface area contributed by atoms with Crippen molar-refractivity contribution in [2.24, 2.45) is 5.92 Å². The van der Waals surface area contributed by atoms with Crippen LogP contribution >= 0.6 is 0 Å². The minimum Gasteiger partial charge on any atom is -0.316 e. The molecule has 1 heterocycles. The van der Waals surface area contributed by atoms with Gasteiger partial charge in [0.1, 0.15) is 12.2 Å². The molecule has 84 valence electrons. The topological polar surface area (TPSA) is 42.7 Å². The fourth-order valence-electron chi connectivity index (χ4n) is 2.05. The van der Waals surface area contributed by atoms with Crippen LogP contribution in [0.25, 0.3) is 0 Å². The highest BCUT2D eigenvalue weighted by molar-refractivity contribution is 4.96. The molecule has 1 aliphatic rings. The lowest BCUT2D eigenvalue weighted by molar-refractivity contribution is 0.447. The van der Waals surface area contributed by atoms with Crippen LogP contribution in [0.3, 0.4) is 0 Å². The second kappa shape index (κ2) is 4.31. The van der Waals surface area contributed by atoms with Crippen molar-refractivity contribution < 1.29 is 0 Å². The average molecular weight is 208 g/mol. The fourth-order valence-corrected chi connectivity index (χ4v) is 2.05. The van der Waals surface area contributed by atoms with E-state index in [-0.39, 0.29) is 0 Å². The van der Waals surface area contributed by atoms with Gasteiger partial charge in [-0.3, -0.25) is 0 Å². The summed E-state index contributed by atoms with van der Waals surface area (Å²) < 4.78 is 2.02. The summed E-state index contributed by atoms with van der Waals surface area (Å²) in [4.78, 5) is 4.35. The van der Waals surface area contributed by atoms with Crippen LogP contribution in [0.4, 0.5) is 0 Å². The van der Waals surface area contributed by atoms with Crippen molar-refractivity contribution in [1.29, 1.82) is 0 Å². The van der Waals surface area contributed by atoms with Crippen molar-refractivity contribution in [1.82, 2.24) is 20.1 Å². The van der Waals surface area contributed by atoms with E-state index in [2.05, 4.69) is 29.2 Å². The van der Waals surface area contributed by atoms with Crippen LogP contribution in [-0.2, 0) is 6.42 Å². The Labute approximate surface area is 91.1 Å². The molecule has 1 aromatic heterocycles. The lowest BCUT2D eigenvalue weighted by atomic mass is 10.1. The minimum atomic E-state index is 0.402. The van der Waals surface area contributed by atoms with Crippen LogP contribution in [0.15, 0.2) is 6.33 Å². The summed E-state index contributed by atoms with van der Waals surface area (Å²) >= 11 is 0. The molecule has 1 saturated carbocycles. The number of hydrogen-bond donors (Lipinski definition) is 1. The van der Waals surface area contributed by atoms with Gasteiger partial charge in [0.15, 0.2) is 0 Å². The third kappa shape index (κ3) is 2.37. The first-order valence-corrected chi connectivity index (χ1v) is 5.78. The maximum Gasteiger partial charge on any atom is 0.138 e. The van der Waals surface area contributed by atoms with E-state index < -0.39 is 0 Å². The number of likely N-dealkylation sites (N-methyl/N-ethyl adjacent to an activating group) is 1. The van der Waals surface area contributed by atoms with Gasteiger partial charge in [0, 0.05) is 18.5 Å². The van der Waals surface area contributed by atoms with E-state index in [1.807, 2.05) is 11.7 Å². The van der Waals surface area contributed by atoms with E-state index >= 15 is 0 Å². The van der Waals surface area contributed by atoms with E-state index in [0.717, 1.165) is 18.2 Å². The van der Waals surface area contributed by atoms with Gasteiger partial charge in [0.25, 0.3) is 0 Å². The van der Waals surface area contributed by atoms with Crippen LogP contribution in [0.5, 0.6) is 0 Å². The lowest BCUT2D eigenvalue weighted by Crippen LogP contribution is -2.31. The van der Waals surface area contributed by atoms with Gasteiger partial charge < -0.3 is 5.32 Å². The zero-order valence-electron chi connectivity index (χ0n) is 9.77. The average Bonchev–Trinajstić information content (AvgIpc) is 2.93. The summed E-state index contributed by atoms with van der Waals surface area (Å²) in [6, 6.07) is 0.978. The van der Waals surface area contributed by atoms with E-state index in [9.17, 15) is 0 Å². The zero-order valence-corrected chi connectivity index (χ0v) is 9.77. The van der Waals surface area contributed by atoms with Crippen molar-refractivity contribution >= 4 is 0 Å². The van der Waals surface area contributed by atoms with Gasteiger partial charge in [-0.05, 0) is 39.7 Å². The molecule has 0 saturated heterocycles. The van der Waals surface area contributed by atoms with Crippen molar-refractivity contribution in [3.63, 3.8) is 0 Å². The predicted molar refractivity (Wildman–Crippen MR) is 59.7 cm³/mol.